The number of hydrogen-bond donors (Lipinski definition) is 0. The second-order valence-corrected chi connectivity index (χ2v) is 6.98. The molecule has 2 aromatic rings. The van der Waals surface area contributed by atoms with Gasteiger partial charge in [-0.3, -0.25) is 4.79 Å². The number of hydrogen-bond acceptors (Lipinski definition) is 3. The topological polar surface area (TPSA) is 51.2 Å². The zero-order chi connectivity index (χ0) is 14.8. The summed E-state index contributed by atoms with van der Waals surface area (Å²) in [4.78, 5) is 12.3. The molecule has 20 heavy (non-hydrogen) atoms. The van der Waals surface area contributed by atoms with E-state index < -0.39 is 9.84 Å². The highest BCUT2D eigenvalue weighted by Crippen LogP contribution is 2.16. The summed E-state index contributed by atoms with van der Waals surface area (Å²) in [6.45, 7) is 0. The van der Waals surface area contributed by atoms with Crippen LogP contribution in [0.1, 0.15) is 15.9 Å². The predicted octanol–water partition coefficient (Wildman–Crippen LogP) is 3.17. The first kappa shape index (κ1) is 14.8. The Morgan fingerprint density at radius 1 is 1.10 bits per heavy atom. The van der Waals surface area contributed by atoms with Gasteiger partial charge in [-0.1, -0.05) is 35.9 Å². The van der Waals surface area contributed by atoms with Crippen LogP contribution < -0.4 is 0 Å². The van der Waals surface area contributed by atoms with E-state index in [4.69, 9.17) is 11.6 Å². The SMILES string of the molecule is CS(=O)(=O)c1cccc(C(=O)Cc2cccc(Cl)c2)c1. The minimum Gasteiger partial charge on any atom is -0.294 e. The molecule has 0 atom stereocenters. The quantitative estimate of drug-likeness (QED) is 0.815. The number of benzene rings is 2. The van der Waals surface area contributed by atoms with E-state index in [1.807, 2.05) is 6.07 Å². The fourth-order valence-corrected chi connectivity index (χ4v) is 2.71. The Morgan fingerprint density at radius 3 is 2.45 bits per heavy atom. The molecule has 5 heteroatoms. The number of sulfone groups is 1. The highest BCUT2D eigenvalue weighted by Gasteiger charge is 2.12. The summed E-state index contributed by atoms with van der Waals surface area (Å²) in [6.07, 6.45) is 1.31. The van der Waals surface area contributed by atoms with Crippen molar-refractivity contribution in [3.05, 3.63) is 64.7 Å². The van der Waals surface area contributed by atoms with Gasteiger partial charge in [0.1, 0.15) is 0 Å². The van der Waals surface area contributed by atoms with Crippen molar-refractivity contribution in [1.82, 2.24) is 0 Å². The molecule has 0 N–H and O–H groups in total. The van der Waals surface area contributed by atoms with Gasteiger partial charge in [0.05, 0.1) is 4.90 Å². The third-order valence-electron chi connectivity index (χ3n) is 2.84. The fraction of sp³-hybridized carbons (Fsp3) is 0.133. The third-order valence-corrected chi connectivity index (χ3v) is 4.18. The van der Waals surface area contributed by atoms with Crippen molar-refractivity contribution in [3.8, 4) is 0 Å². The molecular weight excluding hydrogens is 296 g/mol. The molecule has 0 amide bonds. The Labute approximate surface area is 123 Å². The molecule has 3 nitrogen and oxygen atoms in total. The summed E-state index contributed by atoms with van der Waals surface area (Å²) in [5, 5.41) is 0.570. The van der Waals surface area contributed by atoms with Crippen LogP contribution in [0.15, 0.2) is 53.4 Å². The van der Waals surface area contributed by atoms with Crippen LogP contribution in [0.3, 0.4) is 0 Å². The lowest BCUT2D eigenvalue weighted by Crippen LogP contribution is -2.05. The van der Waals surface area contributed by atoms with Gasteiger partial charge in [-0.25, -0.2) is 8.42 Å². The van der Waals surface area contributed by atoms with E-state index in [1.165, 1.54) is 12.1 Å². The lowest BCUT2D eigenvalue weighted by Gasteiger charge is -2.04. The lowest BCUT2D eigenvalue weighted by atomic mass is 10.0. The Balaban J connectivity index is 2.26. The van der Waals surface area contributed by atoms with Gasteiger partial charge in [0.25, 0.3) is 0 Å². The van der Waals surface area contributed by atoms with Crippen LogP contribution >= 0.6 is 11.6 Å². The van der Waals surface area contributed by atoms with Crippen LogP contribution in [0.5, 0.6) is 0 Å². The number of rotatable bonds is 4. The first-order valence-electron chi connectivity index (χ1n) is 5.94. The van der Waals surface area contributed by atoms with E-state index in [0.29, 0.717) is 10.6 Å². The monoisotopic (exact) mass is 308 g/mol. The Morgan fingerprint density at radius 2 is 1.80 bits per heavy atom. The van der Waals surface area contributed by atoms with Crippen LogP contribution in [0.25, 0.3) is 0 Å². The van der Waals surface area contributed by atoms with Crippen molar-refractivity contribution in [3.63, 3.8) is 0 Å². The molecule has 0 fully saturated rings. The van der Waals surface area contributed by atoms with Crippen molar-refractivity contribution < 1.29 is 13.2 Å². The first-order valence-corrected chi connectivity index (χ1v) is 8.21. The molecule has 2 rings (SSSR count). The second kappa shape index (κ2) is 5.77. The third kappa shape index (κ3) is 3.68. The van der Waals surface area contributed by atoms with Crippen LogP contribution in [-0.4, -0.2) is 20.5 Å². The summed E-state index contributed by atoms with van der Waals surface area (Å²) in [7, 11) is -3.31. The number of halogens is 1. The minimum absolute atomic E-state index is 0.141. The van der Waals surface area contributed by atoms with E-state index in [1.54, 1.807) is 30.3 Å². The molecule has 0 heterocycles. The molecule has 0 bridgehead atoms. The zero-order valence-corrected chi connectivity index (χ0v) is 12.4. The fourth-order valence-electron chi connectivity index (χ4n) is 1.83. The zero-order valence-electron chi connectivity index (χ0n) is 10.8. The Bertz CT molecular complexity index is 751. The van der Waals surface area contributed by atoms with Gasteiger partial charge < -0.3 is 0 Å². The van der Waals surface area contributed by atoms with E-state index in [9.17, 15) is 13.2 Å². The molecule has 2 aromatic carbocycles. The molecule has 0 aliphatic carbocycles. The Kier molecular flexibility index (Phi) is 4.26. The number of carbonyl (C=O) groups is 1. The summed E-state index contributed by atoms with van der Waals surface area (Å²) in [6, 6.07) is 13.1. The molecule has 0 saturated carbocycles. The van der Waals surface area contributed by atoms with Crippen LogP contribution in [0, 0.1) is 0 Å². The largest absolute Gasteiger partial charge is 0.294 e. The molecule has 104 valence electrons. The molecule has 0 spiro atoms. The summed E-state index contributed by atoms with van der Waals surface area (Å²) in [5.74, 6) is -0.141. The molecule has 0 aromatic heterocycles. The van der Waals surface area contributed by atoms with Gasteiger partial charge in [-0.2, -0.15) is 0 Å². The van der Waals surface area contributed by atoms with Crippen LogP contribution in [-0.2, 0) is 16.3 Å². The molecule has 0 unspecified atom stereocenters. The van der Waals surface area contributed by atoms with E-state index in [0.717, 1.165) is 11.8 Å². The van der Waals surface area contributed by atoms with Crippen LogP contribution in [0.2, 0.25) is 5.02 Å². The van der Waals surface area contributed by atoms with Crippen molar-refractivity contribution in [2.75, 3.05) is 6.26 Å². The summed E-state index contributed by atoms with van der Waals surface area (Å²) >= 11 is 5.87. The number of ketones is 1. The van der Waals surface area contributed by atoms with Gasteiger partial charge in [0.2, 0.25) is 0 Å². The standard InChI is InChI=1S/C15H13ClO3S/c1-20(18,19)14-7-3-5-12(10-14)15(17)9-11-4-2-6-13(16)8-11/h2-8,10H,9H2,1H3. The van der Waals surface area contributed by atoms with Crippen LogP contribution in [0.4, 0.5) is 0 Å². The smallest absolute Gasteiger partial charge is 0.175 e. The van der Waals surface area contributed by atoms with Gasteiger partial charge in [0.15, 0.2) is 15.6 Å². The number of Topliss-reactive ketones (excluding diaryl/α,β-unsaturated/α-hetero) is 1. The van der Waals surface area contributed by atoms with Gasteiger partial charge in [-0.05, 0) is 29.8 Å². The number of carbonyl (C=O) groups excluding carboxylic acids is 1. The average Bonchev–Trinajstić information content (AvgIpc) is 2.38. The molecule has 0 aliphatic rings. The highest BCUT2D eigenvalue weighted by atomic mass is 35.5. The molecular formula is C15H13ClO3S. The lowest BCUT2D eigenvalue weighted by molar-refractivity contribution is 0.0993. The maximum absolute atomic E-state index is 12.2. The average molecular weight is 309 g/mol. The van der Waals surface area contributed by atoms with E-state index in [-0.39, 0.29) is 17.1 Å². The second-order valence-electron chi connectivity index (χ2n) is 4.53. The maximum Gasteiger partial charge on any atom is 0.175 e. The normalized spacial score (nSPS) is 11.3. The van der Waals surface area contributed by atoms with Crippen molar-refractivity contribution in [2.24, 2.45) is 0 Å². The summed E-state index contributed by atoms with van der Waals surface area (Å²) in [5.41, 5.74) is 1.18. The predicted molar refractivity (Wildman–Crippen MR) is 79.0 cm³/mol. The van der Waals surface area contributed by atoms with Crippen molar-refractivity contribution in [2.45, 2.75) is 11.3 Å². The van der Waals surface area contributed by atoms with E-state index in [2.05, 4.69) is 0 Å². The van der Waals surface area contributed by atoms with Crippen molar-refractivity contribution >= 4 is 27.2 Å². The molecule has 0 radical (unpaired) electrons. The minimum atomic E-state index is -3.31. The Hall–Kier alpha value is -1.65. The molecule has 0 aliphatic heterocycles. The molecule has 0 saturated heterocycles. The van der Waals surface area contributed by atoms with Gasteiger partial charge >= 0.3 is 0 Å². The van der Waals surface area contributed by atoms with Gasteiger partial charge in [0, 0.05) is 23.3 Å². The summed E-state index contributed by atoms with van der Waals surface area (Å²) < 4.78 is 23.0. The highest BCUT2D eigenvalue weighted by molar-refractivity contribution is 7.90. The first-order chi connectivity index (χ1) is 9.36. The van der Waals surface area contributed by atoms with Crippen molar-refractivity contribution in [1.29, 1.82) is 0 Å². The van der Waals surface area contributed by atoms with Gasteiger partial charge in [-0.15, -0.1) is 0 Å². The van der Waals surface area contributed by atoms with E-state index >= 15 is 0 Å². The maximum atomic E-state index is 12.2.